The lowest BCUT2D eigenvalue weighted by molar-refractivity contribution is -0.160. The minimum Gasteiger partial charge on any atom is -0.359 e. The first-order valence-electron chi connectivity index (χ1n) is 12.5. The number of H-pyrrole nitrogens is 1. The Morgan fingerprint density at radius 1 is 0.946 bits per heavy atom. The molecule has 3 unspecified atom stereocenters. The van der Waals surface area contributed by atoms with Crippen molar-refractivity contribution in [3.8, 4) is 0 Å². The molecule has 1 saturated carbocycles. The van der Waals surface area contributed by atoms with Gasteiger partial charge in [0.1, 0.15) is 0 Å². The number of benzene rings is 2. The number of anilines is 1. The van der Waals surface area contributed by atoms with Crippen molar-refractivity contribution in [2.75, 3.05) is 17.8 Å². The molecule has 2 N–H and O–H groups in total. The van der Waals surface area contributed by atoms with Gasteiger partial charge in [0.15, 0.2) is 0 Å². The second kappa shape index (κ2) is 10.4. The molecule has 3 aliphatic rings. The first kappa shape index (κ1) is 26.3. The molecule has 6 rings (SSSR count). The third-order valence-electron chi connectivity index (χ3n) is 7.55. The number of nitrogens with zero attached hydrogens (tertiary/aromatic N) is 1. The lowest BCUT2D eigenvalue weighted by Gasteiger charge is -2.49. The van der Waals surface area contributed by atoms with Gasteiger partial charge in [0, 0.05) is 34.9 Å². The van der Waals surface area contributed by atoms with Crippen molar-refractivity contribution < 1.29 is 26.3 Å². The average Bonchev–Trinajstić information content (AvgIpc) is 3.24. The topological polar surface area (TPSA) is 31.1 Å². The smallest absolute Gasteiger partial charge is 0.359 e. The van der Waals surface area contributed by atoms with Crippen molar-refractivity contribution in [2.24, 2.45) is 5.92 Å². The number of hydrogen-bond donors (Lipinski definition) is 2. The van der Waals surface area contributed by atoms with Gasteiger partial charge in [-0.2, -0.15) is 26.3 Å². The van der Waals surface area contributed by atoms with Crippen LogP contribution in [0.1, 0.15) is 42.4 Å². The van der Waals surface area contributed by atoms with E-state index in [2.05, 4.69) is 21.8 Å². The summed E-state index contributed by atoms with van der Waals surface area (Å²) < 4.78 is 80.4. The van der Waals surface area contributed by atoms with E-state index in [9.17, 15) is 26.3 Å². The van der Waals surface area contributed by atoms with E-state index in [4.69, 9.17) is 0 Å². The van der Waals surface area contributed by atoms with E-state index < -0.39 is 24.5 Å². The fourth-order valence-corrected chi connectivity index (χ4v) is 6.81. The van der Waals surface area contributed by atoms with E-state index in [0.29, 0.717) is 13.0 Å². The van der Waals surface area contributed by atoms with Crippen LogP contribution in [0.4, 0.5) is 32.0 Å². The first-order chi connectivity index (χ1) is 17.5. The highest BCUT2D eigenvalue weighted by Gasteiger charge is 2.44. The van der Waals surface area contributed by atoms with Crippen molar-refractivity contribution in [3.63, 3.8) is 0 Å². The van der Waals surface area contributed by atoms with Crippen LogP contribution in [0.2, 0.25) is 0 Å². The lowest BCUT2D eigenvalue weighted by Crippen LogP contribution is -2.55. The van der Waals surface area contributed by atoms with Crippen LogP contribution in [-0.2, 0) is 19.0 Å². The summed E-state index contributed by atoms with van der Waals surface area (Å²) in [5.41, 5.74) is 3.35. The Morgan fingerprint density at radius 2 is 1.68 bits per heavy atom. The van der Waals surface area contributed by atoms with E-state index in [1.165, 1.54) is 12.1 Å². The maximum Gasteiger partial charge on any atom is 0.416 e. The van der Waals surface area contributed by atoms with E-state index >= 15 is 0 Å². The molecule has 3 atom stereocenters. The van der Waals surface area contributed by atoms with Crippen LogP contribution in [0.15, 0.2) is 48.7 Å². The predicted octanol–water partition coefficient (Wildman–Crippen LogP) is 7.84. The van der Waals surface area contributed by atoms with Crippen molar-refractivity contribution in [3.05, 3.63) is 65.4 Å². The van der Waals surface area contributed by atoms with Crippen LogP contribution < -0.4 is 4.72 Å². The minimum atomic E-state index is -4.32. The summed E-state index contributed by atoms with van der Waals surface area (Å²) in [7, 11) is 0. The molecule has 3 nitrogen and oxygen atoms in total. The summed E-state index contributed by atoms with van der Waals surface area (Å²) in [6, 6.07) is 11.5. The summed E-state index contributed by atoms with van der Waals surface area (Å²) in [6.07, 6.45) is -1.68. The zero-order valence-corrected chi connectivity index (χ0v) is 20.9. The molecule has 3 fully saturated rings. The van der Waals surface area contributed by atoms with Crippen LogP contribution in [0.25, 0.3) is 10.9 Å². The summed E-state index contributed by atoms with van der Waals surface area (Å²) in [6.45, 7) is -0.316. The van der Waals surface area contributed by atoms with E-state index in [1.807, 2.05) is 12.3 Å². The van der Waals surface area contributed by atoms with Gasteiger partial charge in [0.25, 0.3) is 0 Å². The van der Waals surface area contributed by atoms with Gasteiger partial charge in [0.2, 0.25) is 0 Å². The van der Waals surface area contributed by atoms with Gasteiger partial charge in [-0.3, -0.25) is 4.90 Å². The number of aryl methyl sites for hydroxylation is 2. The van der Waals surface area contributed by atoms with Crippen LogP contribution in [-0.4, -0.2) is 40.4 Å². The molecule has 1 aliphatic carbocycles. The van der Waals surface area contributed by atoms with E-state index in [0.717, 1.165) is 72.0 Å². The normalized spacial score (nSPS) is 22.6. The van der Waals surface area contributed by atoms with Crippen LogP contribution in [0.5, 0.6) is 0 Å². The second-order valence-corrected chi connectivity index (χ2v) is 11.2. The highest BCUT2D eigenvalue weighted by Crippen LogP contribution is 2.43. The number of piperidine rings is 2. The zero-order chi connectivity index (χ0) is 26.2. The Morgan fingerprint density at radius 3 is 2.35 bits per heavy atom. The quantitative estimate of drug-likeness (QED) is 0.225. The molecular weight excluding hydrogens is 512 g/mol. The molecule has 0 spiro atoms. The molecule has 3 aromatic rings. The molecule has 2 aliphatic heterocycles. The fourth-order valence-electron chi connectivity index (χ4n) is 5.63. The third kappa shape index (κ3) is 6.39. The number of fused-ring (bicyclic) bond motifs is 4. The highest BCUT2D eigenvalue weighted by molar-refractivity contribution is 8.01. The Bertz CT molecular complexity index is 1200. The molecule has 1 aromatic heterocycles. The summed E-state index contributed by atoms with van der Waals surface area (Å²) in [5.74, 6) is 0.246. The average molecular weight is 542 g/mol. The Hall–Kier alpha value is -2.33. The van der Waals surface area contributed by atoms with Crippen molar-refractivity contribution in [1.29, 1.82) is 0 Å². The van der Waals surface area contributed by atoms with Gasteiger partial charge >= 0.3 is 12.4 Å². The number of alkyl halides is 6. The standard InChI is InChI=1S/C27H29F6N3S/c28-26(29,30)16-36-15-19-7-10-21(36)13-25(19)37-35-24-14-34-23-11-6-18(12-22(23)24)3-1-2-17-4-8-20(9-5-17)27(31,32)33/h4-6,8-9,11-12,14,19,21,25,34-35H,1-3,7,10,13,15-16H2. The van der Waals surface area contributed by atoms with Crippen molar-refractivity contribution >= 4 is 28.5 Å². The Labute approximate surface area is 216 Å². The fraction of sp³-hybridized carbons (Fsp3) is 0.481. The van der Waals surface area contributed by atoms with Gasteiger partial charge in [0.05, 0.1) is 17.8 Å². The Kier molecular flexibility index (Phi) is 7.42. The van der Waals surface area contributed by atoms with Gasteiger partial charge < -0.3 is 9.71 Å². The summed E-state index contributed by atoms with van der Waals surface area (Å²) in [4.78, 5) is 4.87. The third-order valence-corrected chi connectivity index (χ3v) is 8.77. The number of nitrogens with one attached hydrogen (secondary N) is 2. The maximum absolute atomic E-state index is 12.9. The zero-order valence-electron chi connectivity index (χ0n) is 20.1. The second-order valence-electron chi connectivity index (χ2n) is 10.2. The molecule has 37 heavy (non-hydrogen) atoms. The number of hydrogen-bond acceptors (Lipinski definition) is 3. The van der Waals surface area contributed by atoms with Gasteiger partial charge in [-0.1, -0.05) is 18.2 Å². The first-order valence-corrected chi connectivity index (χ1v) is 13.4. The van der Waals surface area contributed by atoms with Crippen molar-refractivity contribution in [2.45, 2.75) is 62.2 Å². The SMILES string of the molecule is FC(F)(F)CN1CC2CCC1CC2SNc1c[nH]c2ccc(CCCc3ccc(C(F)(F)F)cc3)cc12. The number of rotatable bonds is 8. The highest BCUT2D eigenvalue weighted by atomic mass is 32.2. The predicted molar refractivity (Wildman–Crippen MR) is 136 cm³/mol. The molecule has 3 heterocycles. The molecule has 2 aromatic carbocycles. The van der Waals surface area contributed by atoms with Gasteiger partial charge in [-0.15, -0.1) is 0 Å². The molecule has 2 saturated heterocycles. The Balaban J connectivity index is 1.16. The summed E-state index contributed by atoms with van der Waals surface area (Å²) in [5, 5.41) is 1.33. The molecule has 0 radical (unpaired) electrons. The molecule has 200 valence electrons. The van der Waals surface area contributed by atoms with Gasteiger partial charge in [-0.25, -0.2) is 0 Å². The monoisotopic (exact) mass is 541 g/mol. The molecule has 2 bridgehead atoms. The van der Waals surface area contributed by atoms with E-state index in [1.54, 1.807) is 16.8 Å². The molecule has 0 amide bonds. The number of halogens is 6. The lowest BCUT2D eigenvalue weighted by atomic mass is 9.79. The minimum absolute atomic E-state index is 0.00911. The van der Waals surface area contributed by atoms with Gasteiger partial charge in [-0.05, 0) is 91.8 Å². The van der Waals surface area contributed by atoms with Crippen LogP contribution in [0, 0.1) is 5.92 Å². The molecule has 10 heteroatoms. The maximum atomic E-state index is 12.9. The van der Waals surface area contributed by atoms with Crippen LogP contribution in [0.3, 0.4) is 0 Å². The number of aromatic nitrogens is 1. The summed E-state index contributed by atoms with van der Waals surface area (Å²) >= 11 is 1.62. The number of aromatic amines is 1. The van der Waals surface area contributed by atoms with Crippen LogP contribution >= 0.6 is 11.9 Å². The van der Waals surface area contributed by atoms with Crippen molar-refractivity contribution in [1.82, 2.24) is 9.88 Å². The molecular formula is C27H29F6N3S. The largest absolute Gasteiger partial charge is 0.416 e. The van der Waals surface area contributed by atoms with E-state index in [-0.39, 0.29) is 17.2 Å².